The van der Waals surface area contributed by atoms with Crippen LogP contribution >= 0.6 is 0 Å². The smallest absolute Gasteiger partial charge is 0.259 e. The summed E-state index contributed by atoms with van der Waals surface area (Å²) in [6.07, 6.45) is 1.04. The van der Waals surface area contributed by atoms with Gasteiger partial charge in [0.05, 0.1) is 11.7 Å². The number of carbonyl (C=O) groups is 1. The van der Waals surface area contributed by atoms with Gasteiger partial charge in [-0.1, -0.05) is 55.5 Å². The number of anilines is 1. The van der Waals surface area contributed by atoms with Crippen molar-refractivity contribution in [1.82, 2.24) is 0 Å². The van der Waals surface area contributed by atoms with E-state index in [4.69, 9.17) is 9.47 Å². The molecule has 0 aromatic heterocycles. The number of benzene rings is 3. The molecule has 0 radical (unpaired) electrons. The zero-order valence-electron chi connectivity index (χ0n) is 16.2. The molecule has 3 aromatic carbocycles. The predicted octanol–water partition coefficient (Wildman–Crippen LogP) is 5.70. The molecular formula is C24H25NO3. The minimum atomic E-state index is -0.218. The fraction of sp³-hybridized carbons (Fsp3) is 0.208. The van der Waals surface area contributed by atoms with Gasteiger partial charge in [-0.2, -0.15) is 0 Å². The molecule has 0 fully saturated rings. The van der Waals surface area contributed by atoms with Crippen LogP contribution in [0.25, 0.3) is 0 Å². The van der Waals surface area contributed by atoms with E-state index in [9.17, 15) is 4.79 Å². The highest BCUT2D eigenvalue weighted by molar-refractivity contribution is 6.06. The van der Waals surface area contributed by atoms with Crippen molar-refractivity contribution in [3.8, 4) is 11.5 Å². The van der Waals surface area contributed by atoms with Crippen LogP contribution in [0.3, 0.4) is 0 Å². The summed E-state index contributed by atoms with van der Waals surface area (Å²) in [5, 5.41) is 2.93. The van der Waals surface area contributed by atoms with Crippen molar-refractivity contribution >= 4 is 11.6 Å². The molecule has 4 nitrogen and oxygen atoms in total. The second kappa shape index (κ2) is 9.60. The minimum Gasteiger partial charge on any atom is -0.491 e. The lowest BCUT2D eigenvalue weighted by Gasteiger charge is -2.14. The highest BCUT2D eigenvalue weighted by Gasteiger charge is 2.13. The van der Waals surface area contributed by atoms with Gasteiger partial charge in [0.15, 0.2) is 0 Å². The van der Waals surface area contributed by atoms with Gasteiger partial charge in [-0.05, 0) is 43.2 Å². The number of amides is 1. The summed E-state index contributed by atoms with van der Waals surface area (Å²) in [5.41, 5.74) is 2.22. The molecule has 1 N–H and O–H groups in total. The first-order valence-corrected chi connectivity index (χ1v) is 9.49. The zero-order valence-corrected chi connectivity index (χ0v) is 16.2. The molecule has 0 heterocycles. The minimum absolute atomic E-state index is 0.123. The number of hydrogen-bond acceptors (Lipinski definition) is 3. The SMILES string of the molecule is CCC(C)Oc1cccc(NC(=O)c2ccccc2OCc2ccccc2)c1. The Hall–Kier alpha value is -3.27. The van der Waals surface area contributed by atoms with Gasteiger partial charge in [-0.25, -0.2) is 0 Å². The van der Waals surface area contributed by atoms with Crippen molar-refractivity contribution in [2.45, 2.75) is 33.0 Å². The Kier molecular flexibility index (Phi) is 6.68. The predicted molar refractivity (Wildman–Crippen MR) is 112 cm³/mol. The van der Waals surface area contributed by atoms with E-state index < -0.39 is 0 Å². The molecule has 4 heteroatoms. The average molecular weight is 375 g/mol. The van der Waals surface area contributed by atoms with E-state index in [-0.39, 0.29) is 12.0 Å². The van der Waals surface area contributed by atoms with Gasteiger partial charge in [0.1, 0.15) is 18.1 Å². The van der Waals surface area contributed by atoms with Crippen LogP contribution in [0.2, 0.25) is 0 Å². The van der Waals surface area contributed by atoms with E-state index in [2.05, 4.69) is 12.2 Å². The molecule has 0 saturated heterocycles. The maximum atomic E-state index is 12.8. The van der Waals surface area contributed by atoms with Gasteiger partial charge in [0.2, 0.25) is 0 Å². The Morgan fingerprint density at radius 2 is 1.71 bits per heavy atom. The molecule has 144 valence electrons. The van der Waals surface area contributed by atoms with Gasteiger partial charge < -0.3 is 14.8 Å². The Balaban J connectivity index is 1.70. The molecule has 0 aliphatic rings. The van der Waals surface area contributed by atoms with E-state index in [1.165, 1.54) is 0 Å². The lowest BCUT2D eigenvalue weighted by molar-refractivity contribution is 0.102. The first-order chi connectivity index (χ1) is 13.7. The monoisotopic (exact) mass is 375 g/mol. The average Bonchev–Trinajstić information content (AvgIpc) is 2.73. The molecule has 0 spiro atoms. The number of ether oxygens (including phenoxy) is 2. The number of rotatable bonds is 8. The number of nitrogens with one attached hydrogen (secondary N) is 1. The van der Waals surface area contributed by atoms with E-state index in [0.717, 1.165) is 17.7 Å². The molecule has 1 unspecified atom stereocenters. The Labute approximate surface area is 166 Å². The number of para-hydroxylation sites is 1. The van der Waals surface area contributed by atoms with Gasteiger partial charge >= 0.3 is 0 Å². The van der Waals surface area contributed by atoms with Crippen molar-refractivity contribution < 1.29 is 14.3 Å². The highest BCUT2D eigenvalue weighted by Crippen LogP contribution is 2.23. The molecule has 1 atom stereocenters. The van der Waals surface area contributed by atoms with Crippen LogP contribution < -0.4 is 14.8 Å². The standard InChI is InChI=1S/C24H25NO3/c1-3-18(2)28-21-13-9-12-20(16-21)25-24(26)22-14-7-8-15-23(22)27-17-19-10-5-4-6-11-19/h4-16,18H,3,17H2,1-2H3,(H,25,26). The Morgan fingerprint density at radius 1 is 0.964 bits per heavy atom. The van der Waals surface area contributed by atoms with E-state index in [1.807, 2.05) is 73.7 Å². The van der Waals surface area contributed by atoms with Crippen molar-refractivity contribution in [2.24, 2.45) is 0 Å². The van der Waals surface area contributed by atoms with E-state index in [1.54, 1.807) is 12.1 Å². The fourth-order valence-electron chi connectivity index (χ4n) is 2.68. The lowest BCUT2D eigenvalue weighted by Crippen LogP contribution is -2.14. The zero-order chi connectivity index (χ0) is 19.8. The first-order valence-electron chi connectivity index (χ1n) is 9.49. The Bertz CT molecular complexity index is 908. The first kappa shape index (κ1) is 19.5. The van der Waals surface area contributed by atoms with Crippen LogP contribution in [0.15, 0.2) is 78.9 Å². The normalized spacial score (nSPS) is 11.5. The van der Waals surface area contributed by atoms with Crippen LogP contribution in [0.5, 0.6) is 11.5 Å². The summed E-state index contributed by atoms with van der Waals surface area (Å²) in [6.45, 7) is 4.50. The quantitative estimate of drug-likeness (QED) is 0.550. The summed E-state index contributed by atoms with van der Waals surface area (Å²) in [6, 6.07) is 24.6. The number of hydrogen-bond donors (Lipinski definition) is 1. The van der Waals surface area contributed by atoms with Crippen molar-refractivity contribution in [2.75, 3.05) is 5.32 Å². The topological polar surface area (TPSA) is 47.6 Å². The molecule has 0 saturated carbocycles. The highest BCUT2D eigenvalue weighted by atomic mass is 16.5. The van der Waals surface area contributed by atoms with Crippen molar-refractivity contribution in [3.05, 3.63) is 90.0 Å². The van der Waals surface area contributed by atoms with Crippen LogP contribution in [-0.4, -0.2) is 12.0 Å². The molecule has 1 amide bonds. The summed E-state index contributed by atoms with van der Waals surface area (Å²) >= 11 is 0. The third-order valence-corrected chi connectivity index (χ3v) is 4.37. The second-order valence-electron chi connectivity index (χ2n) is 6.59. The van der Waals surface area contributed by atoms with Crippen molar-refractivity contribution in [1.29, 1.82) is 0 Å². The van der Waals surface area contributed by atoms with Crippen LogP contribution in [0.1, 0.15) is 36.2 Å². The fourth-order valence-corrected chi connectivity index (χ4v) is 2.68. The van der Waals surface area contributed by atoms with E-state index in [0.29, 0.717) is 23.6 Å². The van der Waals surface area contributed by atoms with Gasteiger partial charge in [-0.3, -0.25) is 4.79 Å². The maximum Gasteiger partial charge on any atom is 0.259 e. The molecular weight excluding hydrogens is 350 g/mol. The lowest BCUT2D eigenvalue weighted by atomic mass is 10.1. The second-order valence-corrected chi connectivity index (χ2v) is 6.59. The molecule has 0 aliphatic carbocycles. The molecule has 0 bridgehead atoms. The van der Waals surface area contributed by atoms with Crippen LogP contribution in [0.4, 0.5) is 5.69 Å². The van der Waals surface area contributed by atoms with Crippen LogP contribution in [0, 0.1) is 0 Å². The third-order valence-electron chi connectivity index (χ3n) is 4.37. The van der Waals surface area contributed by atoms with Gasteiger partial charge in [-0.15, -0.1) is 0 Å². The summed E-state index contributed by atoms with van der Waals surface area (Å²) in [4.78, 5) is 12.8. The summed E-state index contributed by atoms with van der Waals surface area (Å²) < 4.78 is 11.7. The van der Waals surface area contributed by atoms with Gasteiger partial charge in [0.25, 0.3) is 5.91 Å². The Morgan fingerprint density at radius 3 is 2.50 bits per heavy atom. The van der Waals surface area contributed by atoms with Crippen molar-refractivity contribution in [3.63, 3.8) is 0 Å². The molecule has 3 rings (SSSR count). The molecule has 3 aromatic rings. The summed E-state index contributed by atoms with van der Waals surface area (Å²) in [5.74, 6) is 1.07. The number of carbonyl (C=O) groups excluding carboxylic acids is 1. The van der Waals surface area contributed by atoms with E-state index >= 15 is 0 Å². The van der Waals surface area contributed by atoms with Crippen LogP contribution in [-0.2, 0) is 6.61 Å². The largest absolute Gasteiger partial charge is 0.491 e. The van der Waals surface area contributed by atoms with Gasteiger partial charge in [0, 0.05) is 11.8 Å². The maximum absolute atomic E-state index is 12.8. The molecule has 28 heavy (non-hydrogen) atoms. The summed E-state index contributed by atoms with van der Waals surface area (Å²) in [7, 11) is 0. The third kappa shape index (κ3) is 5.36. The molecule has 0 aliphatic heterocycles.